The molecule has 0 saturated carbocycles. The number of Topliss-reactive ketones (excluding diaryl/α,β-unsaturated/α-hetero) is 1. The lowest BCUT2D eigenvalue weighted by Crippen LogP contribution is -2.55. The molecule has 0 radical (unpaired) electrons. The number of aliphatic hydroxyl groups excluding tert-OH is 4. The van der Waals surface area contributed by atoms with Gasteiger partial charge < -0.3 is 45.2 Å². The van der Waals surface area contributed by atoms with Gasteiger partial charge in [-0.05, 0) is 29.8 Å². The van der Waals surface area contributed by atoms with Crippen molar-refractivity contribution in [2.24, 2.45) is 0 Å². The minimum absolute atomic E-state index is 0.0851. The van der Waals surface area contributed by atoms with Crippen molar-refractivity contribution in [1.82, 2.24) is 0 Å². The standard InChI is InChI=1S/C21H22O10/c22-7-15-17(27)18(28)19(29)21(31-15)16-11(24)4-2-9-12(25)6-14(30-20(9)16)8-1-3-10(23)13(26)5-8/h1-5,14-15,17-19,21-24,26-29H,6-7H2/t14-,15+,17-,18-,19+,21-/m0/s1. The number of carbonyl (C=O) groups is 1. The molecule has 0 aromatic heterocycles. The van der Waals surface area contributed by atoms with Gasteiger partial charge in [-0.2, -0.15) is 0 Å². The van der Waals surface area contributed by atoms with Crippen LogP contribution >= 0.6 is 0 Å². The second-order valence-electron chi connectivity index (χ2n) is 7.61. The summed E-state index contributed by atoms with van der Waals surface area (Å²) in [7, 11) is 0. The average molecular weight is 434 g/mol. The van der Waals surface area contributed by atoms with Crippen LogP contribution in [0.2, 0.25) is 0 Å². The Morgan fingerprint density at radius 2 is 1.61 bits per heavy atom. The van der Waals surface area contributed by atoms with Crippen LogP contribution in [-0.2, 0) is 4.74 Å². The Bertz CT molecular complexity index is 1000. The molecule has 4 rings (SSSR count). The molecule has 7 N–H and O–H groups in total. The van der Waals surface area contributed by atoms with E-state index in [1.165, 1.54) is 30.3 Å². The minimum atomic E-state index is -1.69. The molecule has 6 atom stereocenters. The molecule has 0 bridgehead atoms. The second kappa shape index (κ2) is 7.98. The smallest absolute Gasteiger partial charge is 0.170 e. The summed E-state index contributed by atoms with van der Waals surface area (Å²) >= 11 is 0. The number of ketones is 1. The van der Waals surface area contributed by atoms with E-state index in [0.717, 1.165) is 0 Å². The molecule has 2 aromatic rings. The van der Waals surface area contributed by atoms with Crippen LogP contribution < -0.4 is 4.74 Å². The largest absolute Gasteiger partial charge is 0.507 e. The molecule has 2 aromatic carbocycles. The Morgan fingerprint density at radius 1 is 0.903 bits per heavy atom. The fourth-order valence-corrected chi connectivity index (χ4v) is 3.94. The van der Waals surface area contributed by atoms with Gasteiger partial charge in [0.15, 0.2) is 17.3 Å². The summed E-state index contributed by atoms with van der Waals surface area (Å²) in [5.74, 6) is -1.55. The number of aliphatic hydroxyl groups is 4. The predicted molar refractivity (Wildman–Crippen MR) is 103 cm³/mol. The topological polar surface area (TPSA) is 177 Å². The maximum Gasteiger partial charge on any atom is 0.170 e. The Labute approximate surface area is 176 Å². The summed E-state index contributed by atoms with van der Waals surface area (Å²) < 4.78 is 11.5. The number of phenols is 3. The molecule has 0 aliphatic carbocycles. The molecule has 1 saturated heterocycles. The van der Waals surface area contributed by atoms with Crippen LogP contribution in [0, 0.1) is 0 Å². The summed E-state index contributed by atoms with van der Waals surface area (Å²) in [6, 6.07) is 6.53. The maximum absolute atomic E-state index is 12.8. The molecule has 1 fully saturated rings. The fraction of sp³-hybridized carbons (Fsp3) is 0.381. The number of rotatable bonds is 3. The van der Waals surface area contributed by atoms with Crippen molar-refractivity contribution in [2.75, 3.05) is 6.61 Å². The van der Waals surface area contributed by atoms with Crippen LogP contribution in [0.1, 0.15) is 40.1 Å². The highest BCUT2D eigenvalue weighted by Gasteiger charge is 2.47. The first-order chi connectivity index (χ1) is 14.7. The van der Waals surface area contributed by atoms with Crippen LogP contribution in [0.15, 0.2) is 30.3 Å². The number of phenolic OH excluding ortho intramolecular Hbond substituents is 3. The van der Waals surface area contributed by atoms with Gasteiger partial charge in [-0.25, -0.2) is 0 Å². The maximum atomic E-state index is 12.8. The molecule has 2 aliphatic heterocycles. The summed E-state index contributed by atoms with van der Waals surface area (Å²) in [4.78, 5) is 12.8. The monoisotopic (exact) mass is 434 g/mol. The highest BCUT2D eigenvalue weighted by Crippen LogP contribution is 2.47. The predicted octanol–water partition coefficient (Wildman–Crippen LogP) is 0.0248. The third-order valence-electron chi connectivity index (χ3n) is 5.65. The first-order valence-corrected chi connectivity index (χ1v) is 9.61. The molecule has 2 heterocycles. The van der Waals surface area contributed by atoms with E-state index in [9.17, 15) is 40.5 Å². The van der Waals surface area contributed by atoms with Crippen LogP contribution in [0.4, 0.5) is 0 Å². The van der Waals surface area contributed by atoms with Crippen LogP contribution in [0.25, 0.3) is 0 Å². The number of benzene rings is 2. The van der Waals surface area contributed by atoms with E-state index in [2.05, 4.69) is 0 Å². The molecule has 10 nitrogen and oxygen atoms in total. The average Bonchev–Trinajstić information content (AvgIpc) is 2.74. The Morgan fingerprint density at radius 3 is 2.29 bits per heavy atom. The van der Waals surface area contributed by atoms with Gasteiger partial charge in [0.05, 0.1) is 24.2 Å². The third-order valence-corrected chi connectivity index (χ3v) is 5.65. The number of hydrogen-bond donors (Lipinski definition) is 7. The van der Waals surface area contributed by atoms with Gasteiger partial charge in [0.1, 0.15) is 48.1 Å². The summed E-state index contributed by atoms with van der Waals surface area (Å²) in [6.45, 7) is -0.660. The third kappa shape index (κ3) is 3.58. The number of fused-ring (bicyclic) bond motifs is 1. The second-order valence-corrected chi connectivity index (χ2v) is 7.61. The SMILES string of the molecule is O=C1C[C@@H](c2ccc(O)c(O)c2)Oc2c1ccc(O)c2[C@@H]1O[C@H](CO)[C@H](O)[C@H](O)[C@H]1O. The Balaban J connectivity index is 1.78. The van der Waals surface area contributed by atoms with Crippen molar-refractivity contribution < 1.29 is 50.0 Å². The van der Waals surface area contributed by atoms with Crippen molar-refractivity contribution in [3.05, 3.63) is 47.0 Å². The number of carbonyl (C=O) groups excluding carboxylic acids is 1. The lowest BCUT2D eigenvalue weighted by Gasteiger charge is -2.41. The van der Waals surface area contributed by atoms with Crippen LogP contribution in [-0.4, -0.2) is 72.6 Å². The van der Waals surface area contributed by atoms with Crippen molar-refractivity contribution in [2.45, 2.75) is 43.0 Å². The van der Waals surface area contributed by atoms with Gasteiger partial charge in [-0.1, -0.05) is 6.07 Å². The molecular weight excluding hydrogens is 412 g/mol. The molecule has 10 heteroatoms. The van der Waals surface area contributed by atoms with Gasteiger partial charge in [0, 0.05) is 0 Å². The Hall–Kier alpha value is -2.89. The van der Waals surface area contributed by atoms with E-state index in [1.807, 2.05) is 0 Å². The lowest BCUT2D eigenvalue weighted by atomic mass is 9.87. The minimum Gasteiger partial charge on any atom is -0.507 e. The normalized spacial score (nSPS) is 30.5. The van der Waals surface area contributed by atoms with Gasteiger partial charge in [-0.15, -0.1) is 0 Å². The van der Waals surface area contributed by atoms with Crippen molar-refractivity contribution in [3.8, 4) is 23.0 Å². The molecule has 2 aliphatic rings. The number of hydrogen-bond acceptors (Lipinski definition) is 10. The summed E-state index contributed by atoms with van der Waals surface area (Å²) in [5.41, 5.74) is 0.386. The van der Waals surface area contributed by atoms with Gasteiger partial charge in [-0.3, -0.25) is 4.79 Å². The van der Waals surface area contributed by atoms with E-state index in [4.69, 9.17) is 9.47 Å². The Kier molecular flexibility index (Phi) is 5.50. The first-order valence-electron chi connectivity index (χ1n) is 9.61. The summed E-state index contributed by atoms with van der Waals surface area (Å²) in [5, 5.41) is 69.9. The van der Waals surface area contributed by atoms with Gasteiger partial charge in [0.2, 0.25) is 0 Å². The fourth-order valence-electron chi connectivity index (χ4n) is 3.94. The van der Waals surface area contributed by atoms with E-state index < -0.39 is 49.0 Å². The molecule has 166 valence electrons. The van der Waals surface area contributed by atoms with E-state index in [1.54, 1.807) is 0 Å². The van der Waals surface area contributed by atoms with Gasteiger partial charge >= 0.3 is 0 Å². The molecular formula is C21H22O10. The number of aromatic hydroxyl groups is 3. The summed E-state index contributed by atoms with van der Waals surface area (Å²) in [6.07, 6.45) is -8.56. The van der Waals surface area contributed by atoms with Crippen LogP contribution in [0.5, 0.6) is 23.0 Å². The van der Waals surface area contributed by atoms with Crippen molar-refractivity contribution >= 4 is 5.78 Å². The van der Waals surface area contributed by atoms with E-state index >= 15 is 0 Å². The zero-order chi connectivity index (χ0) is 22.4. The highest BCUT2D eigenvalue weighted by atomic mass is 16.5. The zero-order valence-corrected chi connectivity index (χ0v) is 16.1. The molecule has 0 amide bonds. The zero-order valence-electron chi connectivity index (χ0n) is 16.1. The molecule has 31 heavy (non-hydrogen) atoms. The van der Waals surface area contributed by atoms with E-state index in [-0.39, 0.29) is 40.6 Å². The van der Waals surface area contributed by atoms with E-state index in [0.29, 0.717) is 5.56 Å². The van der Waals surface area contributed by atoms with Crippen molar-refractivity contribution in [1.29, 1.82) is 0 Å². The first kappa shape index (κ1) is 21.3. The van der Waals surface area contributed by atoms with Gasteiger partial charge in [0.25, 0.3) is 0 Å². The van der Waals surface area contributed by atoms with Crippen molar-refractivity contribution in [3.63, 3.8) is 0 Å². The molecule has 0 unspecified atom stereocenters. The quantitative estimate of drug-likeness (QED) is 0.326. The van der Waals surface area contributed by atoms with Crippen LogP contribution in [0.3, 0.4) is 0 Å². The molecule has 0 spiro atoms. The highest BCUT2D eigenvalue weighted by molar-refractivity contribution is 6.00. The number of ether oxygens (including phenoxy) is 2. The lowest BCUT2D eigenvalue weighted by molar-refractivity contribution is -0.232.